The van der Waals surface area contributed by atoms with Crippen molar-refractivity contribution in [3.63, 3.8) is 0 Å². The second-order valence-electron chi connectivity index (χ2n) is 7.21. The van der Waals surface area contributed by atoms with Crippen LogP contribution in [0.2, 0.25) is 0 Å². The Bertz CT molecular complexity index is 211. The van der Waals surface area contributed by atoms with Crippen molar-refractivity contribution >= 4 is 0 Å². The van der Waals surface area contributed by atoms with Gasteiger partial charge in [0.15, 0.2) is 0 Å². The van der Waals surface area contributed by atoms with Crippen LogP contribution < -0.4 is 0 Å². The van der Waals surface area contributed by atoms with E-state index in [4.69, 9.17) is 0 Å². The number of fused-ring (bicyclic) bond motifs is 1. The molecule has 0 bridgehead atoms. The van der Waals surface area contributed by atoms with Crippen LogP contribution in [-0.4, -0.2) is 0 Å². The van der Waals surface area contributed by atoms with Crippen LogP contribution in [0.4, 0.5) is 0 Å². The van der Waals surface area contributed by atoms with E-state index in [1.807, 2.05) is 0 Å². The molecule has 0 aliphatic heterocycles. The molecule has 2 rings (SSSR count). The molecule has 4 unspecified atom stereocenters. The summed E-state index contributed by atoms with van der Waals surface area (Å²) in [4.78, 5) is 0. The summed E-state index contributed by atoms with van der Waals surface area (Å²) in [5.41, 5.74) is 0.548. The van der Waals surface area contributed by atoms with Crippen molar-refractivity contribution in [3.8, 4) is 0 Å². The van der Waals surface area contributed by atoms with Gasteiger partial charge >= 0.3 is 0 Å². The second kappa shape index (κ2) is 4.11. The van der Waals surface area contributed by atoms with Gasteiger partial charge in [0, 0.05) is 0 Å². The molecule has 0 aromatic heterocycles. The molecule has 2 saturated carbocycles. The Morgan fingerprint density at radius 3 is 2.07 bits per heavy atom. The van der Waals surface area contributed by atoms with Crippen LogP contribution in [0.5, 0.6) is 0 Å². The average molecular weight is 208 g/mol. The molecule has 0 aromatic rings. The molecule has 88 valence electrons. The minimum absolute atomic E-state index is 0.548. The highest BCUT2D eigenvalue weighted by molar-refractivity contribution is 4.97. The maximum absolute atomic E-state index is 2.41. The first-order valence-corrected chi connectivity index (χ1v) is 7.01. The molecule has 0 saturated heterocycles. The monoisotopic (exact) mass is 208 g/mol. The first kappa shape index (κ1) is 11.5. The standard InChI is InChI=1S/C15H28/c1-5-6-11-9-12(10-15(2,3)4)14-8-7-13(11)14/h11-14H,5-10H2,1-4H3. The molecule has 0 amide bonds. The van der Waals surface area contributed by atoms with Gasteiger partial charge in [-0.25, -0.2) is 0 Å². The molecule has 0 heterocycles. The third kappa shape index (κ3) is 2.40. The highest BCUT2D eigenvalue weighted by Crippen LogP contribution is 2.57. The smallest absolute Gasteiger partial charge is 0.0354 e. The van der Waals surface area contributed by atoms with Gasteiger partial charge < -0.3 is 0 Å². The predicted octanol–water partition coefficient (Wildman–Crippen LogP) is 4.89. The molecule has 0 aromatic carbocycles. The van der Waals surface area contributed by atoms with E-state index in [-0.39, 0.29) is 0 Å². The zero-order valence-corrected chi connectivity index (χ0v) is 11.1. The fourth-order valence-electron chi connectivity index (χ4n) is 4.18. The molecular weight excluding hydrogens is 180 g/mol. The summed E-state index contributed by atoms with van der Waals surface area (Å²) >= 11 is 0. The van der Waals surface area contributed by atoms with Crippen molar-refractivity contribution in [1.82, 2.24) is 0 Å². The van der Waals surface area contributed by atoms with Crippen LogP contribution in [0.25, 0.3) is 0 Å². The summed E-state index contributed by atoms with van der Waals surface area (Å²) in [6.07, 6.45) is 9.02. The SMILES string of the molecule is CCCC1CC(CC(C)(C)C)C2CCC12. The van der Waals surface area contributed by atoms with Gasteiger partial charge in [-0.1, -0.05) is 40.5 Å². The van der Waals surface area contributed by atoms with Crippen molar-refractivity contribution < 1.29 is 0 Å². The Kier molecular flexibility index (Phi) is 3.14. The molecule has 2 fully saturated rings. The average Bonchev–Trinajstić information content (AvgIpc) is 2.17. The Hall–Kier alpha value is 0. The third-order valence-corrected chi connectivity index (χ3v) is 4.73. The highest BCUT2D eigenvalue weighted by Gasteiger charge is 2.48. The minimum atomic E-state index is 0.548. The Morgan fingerprint density at radius 2 is 1.60 bits per heavy atom. The lowest BCUT2D eigenvalue weighted by molar-refractivity contribution is 0.120. The summed E-state index contributed by atoms with van der Waals surface area (Å²) in [6, 6.07) is 0. The summed E-state index contributed by atoms with van der Waals surface area (Å²) in [5, 5.41) is 0. The highest BCUT2D eigenvalue weighted by atomic mass is 14.5. The lowest BCUT2D eigenvalue weighted by Crippen LogP contribution is -2.29. The van der Waals surface area contributed by atoms with Gasteiger partial charge in [0.2, 0.25) is 0 Å². The van der Waals surface area contributed by atoms with Crippen molar-refractivity contribution in [2.75, 3.05) is 0 Å². The largest absolute Gasteiger partial charge is 0.0654 e. The molecule has 4 atom stereocenters. The zero-order valence-electron chi connectivity index (χ0n) is 11.1. The number of hydrogen-bond acceptors (Lipinski definition) is 0. The molecule has 0 N–H and O–H groups in total. The van der Waals surface area contributed by atoms with Crippen LogP contribution in [0, 0.1) is 29.1 Å². The Morgan fingerprint density at radius 1 is 1.00 bits per heavy atom. The third-order valence-electron chi connectivity index (χ3n) is 4.73. The minimum Gasteiger partial charge on any atom is -0.0654 e. The molecule has 0 heteroatoms. The van der Waals surface area contributed by atoms with Gasteiger partial charge in [0.25, 0.3) is 0 Å². The summed E-state index contributed by atoms with van der Waals surface area (Å²) in [7, 11) is 0. The Labute approximate surface area is 95.8 Å². The molecule has 0 radical (unpaired) electrons. The maximum atomic E-state index is 2.41. The van der Waals surface area contributed by atoms with Crippen LogP contribution in [0.1, 0.15) is 66.2 Å². The second-order valence-corrected chi connectivity index (χ2v) is 7.21. The van der Waals surface area contributed by atoms with E-state index in [9.17, 15) is 0 Å². The van der Waals surface area contributed by atoms with Crippen molar-refractivity contribution in [3.05, 3.63) is 0 Å². The first-order chi connectivity index (χ1) is 7.01. The quantitative estimate of drug-likeness (QED) is 0.620. The molecular formula is C15H28. The van der Waals surface area contributed by atoms with Gasteiger partial charge in [0.05, 0.1) is 0 Å². The molecule has 0 spiro atoms. The van der Waals surface area contributed by atoms with Gasteiger partial charge in [-0.2, -0.15) is 0 Å². The van der Waals surface area contributed by atoms with E-state index in [0.717, 1.165) is 23.7 Å². The lowest BCUT2D eigenvalue weighted by Gasteiger charge is -2.38. The maximum Gasteiger partial charge on any atom is -0.0354 e. The van der Waals surface area contributed by atoms with Crippen molar-refractivity contribution in [2.24, 2.45) is 29.1 Å². The fourth-order valence-corrected chi connectivity index (χ4v) is 4.18. The van der Waals surface area contributed by atoms with Crippen molar-refractivity contribution in [2.45, 2.75) is 66.2 Å². The van der Waals surface area contributed by atoms with Gasteiger partial charge in [-0.15, -0.1) is 0 Å². The summed E-state index contributed by atoms with van der Waals surface area (Å²) < 4.78 is 0. The van der Waals surface area contributed by atoms with Crippen LogP contribution >= 0.6 is 0 Å². The molecule has 2 aliphatic rings. The number of rotatable bonds is 3. The van der Waals surface area contributed by atoms with Crippen LogP contribution in [-0.2, 0) is 0 Å². The predicted molar refractivity (Wildman–Crippen MR) is 66.8 cm³/mol. The van der Waals surface area contributed by atoms with E-state index in [0.29, 0.717) is 5.41 Å². The summed E-state index contributed by atoms with van der Waals surface area (Å²) in [5.74, 6) is 4.43. The van der Waals surface area contributed by atoms with E-state index in [1.165, 1.54) is 19.3 Å². The molecule has 0 nitrogen and oxygen atoms in total. The fraction of sp³-hybridized carbons (Fsp3) is 1.00. The van der Waals surface area contributed by atoms with Gasteiger partial charge in [-0.3, -0.25) is 0 Å². The van der Waals surface area contributed by atoms with Crippen LogP contribution in [0.15, 0.2) is 0 Å². The van der Waals surface area contributed by atoms with E-state index >= 15 is 0 Å². The molecule has 15 heavy (non-hydrogen) atoms. The lowest BCUT2D eigenvalue weighted by atomic mass is 9.67. The molecule has 2 aliphatic carbocycles. The first-order valence-electron chi connectivity index (χ1n) is 7.01. The van der Waals surface area contributed by atoms with E-state index < -0.39 is 0 Å². The zero-order chi connectivity index (χ0) is 11.1. The van der Waals surface area contributed by atoms with Crippen LogP contribution in [0.3, 0.4) is 0 Å². The Balaban J connectivity index is 1.92. The van der Waals surface area contributed by atoms with Gasteiger partial charge in [0.1, 0.15) is 0 Å². The van der Waals surface area contributed by atoms with E-state index in [2.05, 4.69) is 27.7 Å². The summed E-state index contributed by atoms with van der Waals surface area (Å²) in [6.45, 7) is 9.58. The number of hydrogen-bond donors (Lipinski definition) is 0. The van der Waals surface area contributed by atoms with Gasteiger partial charge in [-0.05, 0) is 54.8 Å². The van der Waals surface area contributed by atoms with Crippen molar-refractivity contribution in [1.29, 1.82) is 0 Å². The topological polar surface area (TPSA) is 0 Å². The van der Waals surface area contributed by atoms with E-state index in [1.54, 1.807) is 19.3 Å². The normalized spacial score (nSPS) is 40.0.